The summed E-state index contributed by atoms with van der Waals surface area (Å²) in [6.07, 6.45) is 0. The Bertz CT molecular complexity index is 720. The van der Waals surface area contributed by atoms with Gasteiger partial charge >= 0.3 is 0 Å². The Labute approximate surface area is 130 Å². The highest BCUT2D eigenvalue weighted by molar-refractivity contribution is 6.70. The molecule has 0 saturated heterocycles. The molecule has 112 valence electrons. The fraction of sp³-hybridized carbons (Fsp3) is 0.211. The normalized spacial score (nSPS) is 10.4. The monoisotopic (exact) mass is 294 g/mol. The van der Waals surface area contributed by atoms with E-state index in [0.29, 0.717) is 11.1 Å². The van der Waals surface area contributed by atoms with Crippen LogP contribution in [0.5, 0.6) is 0 Å². The largest absolute Gasteiger partial charge is 0.285 e. The van der Waals surface area contributed by atoms with Crippen LogP contribution in [0.1, 0.15) is 43.0 Å². The lowest BCUT2D eigenvalue weighted by Gasteiger charge is -2.07. The van der Waals surface area contributed by atoms with Crippen LogP contribution in [0.3, 0.4) is 0 Å². The number of hydrogen-bond donors (Lipinski definition) is 0. The molecule has 0 heterocycles. The minimum absolute atomic E-state index is 0.286. The predicted molar refractivity (Wildman–Crippen MR) is 85.5 cm³/mol. The maximum Gasteiger partial charge on any atom is 0.273 e. The molecule has 0 N–H and O–H groups in total. The summed E-state index contributed by atoms with van der Waals surface area (Å²) in [6, 6.07) is 10.4. The summed E-state index contributed by atoms with van der Waals surface area (Å²) in [5, 5.41) is 0. The van der Waals surface area contributed by atoms with E-state index in [0.717, 1.165) is 11.1 Å². The predicted octanol–water partition coefficient (Wildman–Crippen LogP) is 3.55. The maximum atomic E-state index is 12.3. The standard InChI is InChI=1S/C19H18O3/c1-11-5-7-15(13(3)9-11)17(20)19(22)18(21)16-8-6-12(2)10-14(16)4/h5-10H,1-4H3. The molecule has 0 atom stereocenters. The Morgan fingerprint density at radius 1 is 0.636 bits per heavy atom. The summed E-state index contributed by atoms with van der Waals surface area (Å²) in [7, 11) is 0. The van der Waals surface area contributed by atoms with Crippen molar-refractivity contribution in [1.82, 2.24) is 0 Å². The molecule has 2 rings (SSSR count). The van der Waals surface area contributed by atoms with Gasteiger partial charge in [-0.15, -0.1) is 0 Å². The highest BCUT2D eigenvalue weighted by Crippen LogP contribution is 2.15. The van der Waals surface area contributed by atoms with E-state index in [-0.39, 0.29) is 11.1 Å². The second kappa shape index (κ2) is 6.06. The highest BCUT2D eigenvalue weighted by Gasteiger charge is 2.27. The Kier molecular flexibility index (Phi) is 4.36. The Balaban J connectivity index is 2.34. The SMILES string of the molecule is Cc1ccc(C(=O)C(=O)C(=O)c2ccc(C)cc2C)c(C)c1. The summed E-state index contributed by atoms with van der Waals surface area (Å²) < 4.78 is 0. The van der Waals surface area contributed by atoms with Crippen molar-refractivity contribution in [3.63, 3.8) is 0 Å². The molecule has 22 heavy (non-hydrogen) atoms. The zero-order valence-corrected chi connectivity index (χ0v) is 13.2. The molecule has 3 heteroatoms. The third kappa shape index (κ3) is 3.03. The van der Waals surface area contributed by atoms with Gasteiger partial charge < -0.3 is 0 Å². The second-order valence-corrected chi connectivity index (χ2v) is 5.62. The smallest absolute Gasteiger partial charge is 0.273 e. The third-order valence-electron chi connectivity index (χ3n) is 3.67. The summed E-state index contributed by atoms with van der Waals surface area (Å²) in [6.45, 7) is 7.33. The van der Waals surface area contributed by atoms with Crippen molar-refractivity contribution in [2.24, 2.45) is 0 Å². The van der Waals surface area contributed by atoms with E-state index in [1.54, 1.807) is 38.1 Å². The molecule has 0 aliphatic carbocycles. The van der Waals surface area contributed by atoms with E-state index in [2.05, 4.69) is 0 Å². The van der Waals surface area contributed by atoms with Crippen molar-refractivity contribution in [2.75, 3.05) is 0 Å². The average molecular weight is 294 g/mol. The maximum absolute atomic E-state index is 12.3. The Hall–Kier alpha value is -2.55. The lowest BCUT2D eigenvalue weighted by Crippen LogP contribution is -2.25. The van der Waals surface area contributed by atoms with E-state index in [1.165, 1.54) is 0 Å². The first kappa shape index (κ1) is 15.8. The molecule has 2 aromatic rings. The van der Waals surface area contributed by atoms with Crippen LogP contribution in [0.4, 0.5) is 0 Å². The van der Waals surface area contributed by atoms with Crippen LogP contribution in [0.25, 0.3) is 0 Å². The van der Waals surface area contributed by atoms with Crippen LogP contribution in [-0.4, -0.2) is 17.3 Å². The van der Waals surface area contributed by atoms with Gasteiger partial charge in [0, 0.05) is 11.1 Å². The molecule has 2 aromatic carbocycles. The van der Waals surface area contributed by atoms with Crippen molar-refractivity contribution in [3.05, 3.63) is 69.8 Å². The molecule has 0 amide bonds. The zero-order valence-electron chi connectivity index (χ0n) is 13.2. The van der Waals surface area contributed by atoms with Crippen LogP contribution >= 0.6 is 0 Å². The number of hydrogen-bond acceptors (Lipinski definition) is 3. The number of carbonyl (C=O) groups is 3. The van der Waals surface area contributed by atoms with Crippen molar-refractivity contribution >= 4 is 17.3 Å². The Morgan fingerprint density at radius 2 is 1.00 bits per heavy atom. The lowest BCUT2D eigenvalue weighted by molar-refractivity contribution is -0.111. The lowest BCUT2D eigenvalue weighted by atomic mass is 9.94. The summed E-state index contributed by atoms with van der Waals surface area (Å²) in [4.78, 5) is 36.8. The zero-order chi connectivity index (χ0) is 16.4. The van der Waals surface area contributed by atoms with Gasteiger partial charge in [0.05, 0.1) is 0 Å². The van der Waals surface area contributed by atoms with E-state index in [1.807, 2.05) is 26.0 Å². The first-order valence-electron chi connectivity index (χ1n) is 7.09. The van der Waals surface area contributed by atoms with Crippen molar-refractivity contribution in [1.29, 1.82) is 0 Å². The van der Waals surface area contributed by atoms with E-state index in [9.17, 15) is 14.4 Å². The van der Waals surface area contributed by atoms with E-state index < -0.39 is 17.3 Å². The summed E-state index contributed by atoms with van der Waals surface area (Å²) >= 11 is 0. The van der Waals surface area contributed by atoms with Crippen LogP contribution in [0.15, 0.2) is 36.4 Å². The molecule has 0 unspecified atom stereocenters. The van der Waals surface area contributed by atoms with Gasteiger partial charge in [0.2, 0.25) is 11.6 Å². The average Bonchev–Trinajstić information content (AvgIpc) is 2.45. The molecular formula is C19H18O3. The van der Waals surface area contributed by atoms with Gasteiger partial charge in [-0.1, -0.05) is 47.5 Å². The number of rotatable bonds is 4. The van der Waals surface area contributed by atoms with Gasteiger partial charge in [0.15, 0.2) is 0 Å². The molecule has 3 nitrogen and oxygen atoms in total. The molecular weight excluding hydrogens is 276 g/mol. The van der Waals surface area contributed by atoms with Crippen molar-refractivity contribution in [3.8, 4) is 0 Å². The highest BCUT2D eigenvalue weighted by atomic mass is 16.2. The first-order chi connectivity index (χ1) is 10.3. The summed E-state index contributed by atoms with van der Waals surface area (Å²) in [5.74, 6) is -2.48. The number of carbonyl (C=O) groups excluding carboxylic acids is 3. The van der Waals surface area contributed by atoms with Crippen LogP contribution in [0, 0.1) is 27.7 Å². The van der Waals surface area contributed by atoms with Gasteiger partial charge in [-0.2, -0.15) is 0 Å². The van der Waals surface area contributed by atoms with Gasteiger partial charge in [0.25, 0.3) is 5.78 Å². The molecule has 0 aliphatic rings. The second-order valence-electron chi connectivity index (χ2n) is 5.62. The molecule has 0 aromatic heterocycles. The fourth-order valence-electron chi connectivity index (χ4n) is 2.48. The summed E-state index contributed by atoms with van der Waals surface area (Å²) in [5.41, 5.74) is 3.98. The molecule has 0 spiro atoms. The van der Waals surface area contributed by atoms with Gasteiger partial charge in [-0.3, -0.25) is 14.4 Å². The fourth-order valence-corrected chi connectivity index (χ4v) is 2.48. The first-order valence-corrected chi connectivity index (χ1v) is 7.09. The molecule has 0 saturated carbocycles. The number of benzene rings is 2. The number of Topliss-reactive ketones (excluding diaryl/α,β-unsaturated/α-hetero) is 3. The topological polar surface area (TPSA) is 51.2 Å². The minimum Gasteiger partial charge on any atom is -0.285 e. The number of aryl methyl sites for hydroxylation is 4. The van der Waals surface area contributed by atoms with E-state index in [4.69, 9.17) is 0 Å². The molecule has 0 aliphatic heterocycles. The van der Waals surface area contributed by atoms with Crippen molar-refractivity contribution in [2.45, 2.75) is 27.7 Å². The molecule has 0 radical (unpaired) electrons. The third-order valence-corrected chi connectivity index (χ3v) is 3.67. The molecule has 0 bridgehead atoms. The van der Waals surface area contributed by atoms with Crippen LogP contribution in [0.2, 0.25) is 0 Å². The molecule has 0 fully saturated rings. The van der Waals surface area contributed by atoms with Crippen molar-refractivity contribution < 1.29 is 14.4 Å². The van der Waals surface area contributed by atoms with Gasteiger partial charge in [0.1, 0.15) is 0 Å². The Morgan fingerprint density at radius 3 is 1.32 bits per heavy atom. The van der Waals surface area contributed by atoms with Gasteiger partial charge in [-0.25, -0.2) is 0 Å². The van der Waals surface area contributed by atoms with Crippen LogP contribution in [-0.2, 0) is 4.79 Å². The van der Waals surface area contributed by atoms with E-state index >= 15 is 0 Å². The number of ketones is 3. The van der Waals surface area contributed by atoms with Crippen LogP contribution < -0.4 is 0 Å². The minimum atomic E-state index is -0.987. The van der Waals surface area contributed by atoms with Gasteiger partial charge in [-0.05, 0) is 38.8 Å². The quantitative estimate of drug-likeness (QED) is 0.492.